The third-order valence-electron chi connectivity index (χ3n) is 3.42. The van der Waals surface area contributed by atoms with Crippen LogP contribution in [0.1, 0.15) is 10.6 Å². The number of fused-ring (bicyclic) bond motifs is 1. The van der Waals surface area contributed by atoms with Gasteiger partial charge in [0, 0.05) is 11.9 Å². The van der Waals surface area contributed by atoms with E-state index in [1.807, 2.05) is 0 Å². The molecule has 0 amide bonds. The molecule has 3 heterocycles. The Kier molecular flexibility index (Phi) is 4.12. The Labute approximate surface area is 145 Å². The summed E-state index contributed by atoms with van der Waals surface area (Å²) in [5.74, 6) is 0. The number of nitrogens with zero attached hydrogens (tertiary/aromatic N) is 3. The minimum atomic E-state index is -4.65. The zero-order chi connectivity index (χ0) is 17.6. The predicted molar refractivity (Wildman–Crippen MR) is 87.4 cm³/mol. The zero-order valence-electron chi connectivity index (χ0n) is 12.1. The number of hydrogen-bond donors (Lipinski definition) is 0. The van der Waals surface area contributed by atoms with E-state index >= 15 is 0 Å². The molecule has 3 aromatic rings. The first kappa shape index (κ1) is 16.9. The van der Waals surface area contributed by atoms with E-state index < -0.39 is 23.1 Å². The van der Waals surface area contributed by atoms with Crippen LogP contribution in [0.15, 0.2) is 37.6 Å². The van der Waals surface area contributed by atoms with E-state index in [1.54, 1.807) is 12.1 Å². The Morgan fingerprint density at radius 3 is 2.50 bits per heavy atom. The molecule has 0 unspecified atom stereocenters. The van der Waals surface area contributed by atoms with Crippen molar-refractivity contribution in [2.24, 2.45) is 7.05 Å². The maximum Gasteiger partial charge on any atom is 0.433 e. The van der Waals surface area contributed by atoms with Crippen LogP contribution in [0.25, 0.3) is 11.0 Å². The zero-order valence-corrected chi connectivity index (χ0v) is 14.5. The summed E-state index contributed by atoms with van der Waals surface area (Å²) in [6.45, 7) is 0.0404. The third kappa shape index (κ3) is 2.91. The van der Waals surface area contributed by atoms with Gasteiger partial charge in [0.05, 0.1) is 15.7 Å². The van der Waals surface area contributed by atoms with Crippen molar-refractivity contribution in [2.45, 2.75) is 12.7 Å². The van der Waals surface area contributed by atoms with Crippen molar-refractivity contribution in [3.8, 4) is 0 Å². The maximum absolute atomic E-state index is 12.8. The van der Waals surface area contributed by atoms with Gasteiger partial charge in [-0.2, -0.15) is 13.2 Å². The third-order valence-corrected chi connectivity index (χ3v) is 5.03. The van der Waals surface area contributed by atoms with Crippen molar-refractivity contribution in [2.75, 3.05) is 0 Å². The summed E-state index contributed by atoms with van der Waals surface area (Å²) in [4.78, 5) is 29.1. The highest BCUT2D eigenvalue weighted by Gasteiger charge is 2.33. The molecule has 0 fully saturated rings. The maximum atomic E-state index is 12.8. The van der Waals surface area contributed by atoms with Crippen LogP contribution >= 0.6 is 27.3 Å². The van der Waals surface area contributed by atoms with Crippen LogP contribution in [0.5, 0.6) is 0 Å². The van der Waals surface area contributed by atoms with E-state index in [1.165, 1.54) is 18.4 Å². The average Bonchev–Trinajstić information content (AvgIpc) is 2.93. The molecule has 0 spiro atoms. The molecular formula is C14H9BrF3N3O2S. The Bertz CT molecular complexity index is 1050. The topological polar surface area (TPSA) is 56.9 Å². The second-order valence-corrected chi connectivity index (χ2v) is 7.55. The monoisotopic (exact) mass is 419 g/mol. The van der Waals surface area contributed by atoms with Crippen LogP contribution in [0, 0.1) is 0 Å². The Morgan fingerprint density at radius 2 is 1.92 bits per heavy atom. The fraction of sp³-hybridized carbons (Fsp3) is 0.214. The molecule has 126 valence electrons. The fourth-order valence-electron chi connectivity index (χ4n) is 2.26. The molecule has 0 bridgehead atoms. The van der Waals surface area contributed by atoms with Crippen molar-refractivity contribution >= 4 is 38.3 Å². The van der Waals surface area contributed by atoms with Gasteiger partial charge >= 0.3 is 11.9 Å². The van der Waals surface area contributed by atoms with E-state index in [0.717, 1.165) is 29.9 Å². The quantitative estimate of drug-likeness (QED) is 0.641. The van der Waals surface area contributed by atoms with Crippen LogP contribution in [-0.4, -0.2) is 14.1 Å². The molecule has 24 heavy (non-hydrogen) atoms. The molecule has 10 heteroatoms. The van der Waals surface area contributed by atoms with Crippen molar-refractivity contribution in [3.05, 3.63) is 59.5 Å². The standard InChI is InChI=1S/C14H9BrF3N3O2S/c1-20-11-8(3-4-9(19-11)14(16,17)18)12(22)21(13(20)23)6-7-2-5-10(15)24-7/h2-5H,6H2,1H3. The van der Waals surface area contributed by atoms with Gasteiger partial charge in [-0.25, -0.2) is 9.78 Å². The molecule has 0 aliphatic carbocycles. The number of thiophene rings is 1. The smallest absolute Gasteiger partial charge is 0.280 e. The van der Waals surface area contributed by atoms with Gasteiger partial charge in [-0.1, -0.05) is 0 Å². The molecule has 3 aromatic heterocycles. The van der Waals surface area contributed by atoms with Crippen molar-refractivity contribution < 1.29 is 13.2 Å². The first-order valence-electron chi connectivity index (χ1n) is 6.60. The largest absolute Gasteiger partial charge is 0.433 e. The highest BCUT2D eigenvalue weighted by atomic mass is 79.9. The Balaban J connectivity index is 2.23. The summed E-state index contributed by atoms with van der Waals surface area (Å²) >= 11 is 4.66. The first-order valence-corrected chi connectivity index (χ1v) is 8.21. The Morgan fingerprint density at radius 1 is 1.21 bits per heavy atom. The minimum Gasteiger partial charge on any atom is -0.280 e. The fourth-order valence-corrected chi connectivity index (χ4v) is 3.74. The highest BCUT2D eigenvalue weighted by molar-refractivity contribution is 9.11. The number of alkyl halides is 3. The molecule has 0 radical (unpaired) electrons. The molecule has 0 saturated heterocycles. The molecule has 0 saturated carbocycles. The van der Waals surface area contributed by atoms with Gasteiger partial charge in [0.1, 0.15) is 11.3 Å². The lowest BCUT2D eigenvalue weighted by Gasteiger charge is -2.11. The van der Waals surface area contributed by atoms with E-state index in [-0.39, 0.29) is 17.6 Å². The van der Waals surface area contributed by atoms with Crippen LogP contribution < -0.4 is 11.2 Å². The molecular weight excluding hydrogens is 411 g/mol. The van der Waals surface area contributed by atoms with Gasteiger partial charge in [-0.3, -0.25) is 13.9 Å². The first-order chi connectivity index (χ1) is 11.2. The van der Waals surface area contributed by atoms with E-state index in [0.29, 0.717) is 0 Å². The molecule has 0 aliphatic rings. The van der Waals surface area contributed by atoms with Gasteiger partial charge < -0.3 is 0 Å². The van der Waals surface area contributed by atoms with Gasteiger partial charge in [0.2, 0.25) is 0 Å². The summed E-state index contributed by atoms with van der Waals surface area (Å²) in [6, 6.07) is 5.33. The highest BCUT2D eigenvalue weighted by Crippen LogP contribution is 2.28. The van der Waals surface area contributed by atoms with Gasteiger partial charge in [-0.05, 0) is 40.2 Å². The number of aromatic nitrogens is 3. The second kappa shape index (κ2) is 5.85. The lowest BCUT2D eigenvalue weighted by Crippen LogP contribution is -2.39. The number of halogens is 4. The lowest BCUT2D eigenvalue weighted by atomic mass is 10.2. The van der Waals surface area contributed by atoms with Gasteiger partial charge in [0.15, 0.2) is 0 Å². The summed E-state index contributed by atoms with van der Waals surface area (Å²) in [5.41, 5.74) is -2.82. The summed E-state index contributed by atoms with van der Waals surface area (Å²) < 4.78 is 41.1. The van der Waals surface area contributed by atoms with E-state index in [9.17, 15) is 22.8 Å². The normalized spacial score (nSPS) is 12.0. The second-order valence-electron chi connectivity index (χ2n) is 5.00. The number of pyridine rings is 1. The van der Waals surface area contributed by atoms with Crippen LogP contribution in [0.2, 0.25) is 0 Å². The molecule has 0 aromatic carbocycles. The van der Waals surface area contributed by atoms with E-state index in [2.05, 4.69) is 20.9 Å². The van der Waals surface area contributed by atoms with Crippen molar-refractivity contribution in [3.63, 3.8) is 0 Å². The molecule has 0 aliphatic heterocycles. The molecule has 5 nitrogen and oxygen atoms in total. The van der Waals surface area contributed by atoms with Crippen molar-refractivity contribution in [1.29, 1.82) is 0 Å². The molecule has 0 atom stereocenters. The Hall–Kier alpha value is -1.94. The van der Waals surface area contributed by atoms with Crippen LogP contribution in [0.4, 0.5) is 13.2 Å². The minimum absolute atomic E-state index is 0.0404. The van der Waals surface area contributed by atoms with Gasteiger partial charge in [-0.15, -0.1) is 11.3 Å². The number of aryl methyl sites for hydroxylation is 1. The molecule has 3 rings (SSSR count). The average molecular weight is 420 g/mol. The molecule has 0 N–H and O–H groups in total. The summed E-state index contributed by atoms with van der Waals surface area (Å²) in [7, 11) is 1.29. The van der Waals surface area contributed by atoms with Crippen molar-refractivity contribution in [1.82, 2.24) is 14.1 Å². The van der Waals surface area contributed by atoms with Gasteiger partial charge in [0.25, 0.3) is 5.56 Å². The number of rotatable bonds is 2. The van der Waals surface area contributed by atoms with E-state index in [4.69, 9.17) is 0 Å². The summed E-state index contributed by atoms with van der Waals surface area (Å²) in [6.07, 6.45) is -4.65. The van der Waals surface area contributed by atoms with Crippen LogP contribution in [-0.2, 0) is 19.8 Å². The lowest BCUT2D eigenvalue weighted by molar-refractivity contribution is -0.141. The predicted octanol–water partition coefficient (Wildman–Crippen LogP) is 2.99. The van der Waals surface area contributed by atoms with Crippen LogP contribution in [0.3, 0.4) is 0 Å². The SMILES string of the molecule is Cn1c(=O)n(Cc2ccc(Br)s2)c(=O)c2ccc(C(F)(F)F)nc21. The summed E-state index contributed by atoms with van der Waals surface area (Å²) in [5, 5.41) is -0.0410. The number of hydrogen-bond acceptors (Lipinski definition) is 4.